The summed E-state index contributed by atoms with van der Waals surface area (Å²) in [6, 6.07) is 16.6. The van der Waals surface area contributed by atoms with Gasteiger partial charge in [0.1, 0.15) is 6.04 Å². The quantitative estimate of drug-likeness (QED) is 0.668. The third-order valence-electron chi connectivity index (χ3n) is 4.83. The van der Waals surface area contributed by atoms with Crippen LogP contribution in [0.5, 0.6) is 0 Å². The first-order valence-electron chi connectivity index (χ1n) is 9.70. The first kappa shape index (κ1) is 20.4. The summed E-state index contributed by atoms with van der Waals surface area (Å²) >= 11 is 0. The number of nitrogens with zero attached hydrogens (tertiary/aromatic N) is 1. The van der Waals surface area contributed by atoms with Gasteiger partial charge >= 0.3 is 6.03 Å². The van der Waals surface area contributed by atoms with E-state index in [1.165, 1.54) is 0 Å². The molecule has 4 amide bonds. The van der Waals surface area contributed by atoms with E-state index in [1.54, 1.807) is 4.90 Å². The molecule has 3 N–H and O–H groups in total. The van der Waals surface area contributed by atoms with Gasteiger partial charge in [0.25, 0.3) is 0 Å². The molecule has 7 heteroatoms. The van der Waals surface area contributed by atoms with Crippen molar-refractivity contribution in [2.75, 3.05) is 13.1 Å². The van der Waals surface area contributed by atoms with Crippen LogP contribution in [0.25, 0.3) is 0 Å². The Morgan fingerprint density at radius 1 is 1.00 bits per heavy atom. The second-order valence-electron chi connectivity index (χ2n) is 7.18. The van der Waals surface area contributed by atoms with Gasteiger partial charge in [0, 0.05) is 19.6 Å². The Hall–Kier alpha value is -3.35. The highest BCUT2D eigenvalue weighted by molar-refractivity contribution is 5.91. The van der Waals surface area contributed by atoms with E-state index in [9.17, 15) is 14.4 Å². The number of carbonyl (C=O) groups excluding carboxylic acids is 3. The van der Waals surface area contributed by atoms with Crippen molar-refractivity contribution in [3.63, 3.8) is 0 Å². The van der Waals surface area contributed by atoms with Gasteiger partial charge in [-0.05, 0) is 24.5 Å². The molecule has 1 aliphatic rings. The van der Waals surface area contributed by atoms with E-state index < -0.39 is 12.1 Å². The fourth-order valence-electron chi connectivity index (χ4n) is 3.19. The molecule has 0 aliphatic carbocycles. The summed E-state index contributed by atoms with van der Waals surface area (Å²) in [6.45, 7) is 3.33. The SMILES string of the molecule is Cc1ccc(CNC(=O)NCC(=O)NC2CCN(Cc3ccccc3)C2=O)cc1. The van der Waals surface area contributed by atoms with Crippen molar-refractivity contribution >= 4 is 17.8 Å². The van der Waals surface area contributed by atoms with Gasteiger partial charge in [0.05, 0.1) is 6.54 Å². The van der Waals surface area contributed by atoms with Crippen molar-refractivity contribution in [1.29, 1.82) is 0 Å². The molecule has 0 bridgehead atoms. The zero-order chi connectivity index (χ0) is 20.6. The maximum absolute atomic E-state index is 12.5. The minimum Gasteiger partial charge on any atom is -0.343 e. The van der Waals surface area contributed by atoms with Gasteiger partial charge in [0.2, 0.25) is 11.8 Å². The molecule has 1 saturated heterocycles. The first-order chi connectivity index (χ1) is 14.0. The molecule has 7 nitrogen and oxygen atoms in total. The number of hydrogen-bond donors (Lipinski definition) is 3. The topological polar surface area (TPSA) is 90.5 Å². The largest absolute Gasteiger partial charge is 0.343 e. The third kappa shape index (κ3) is 6.07. The molecule has 1 fully saturated rings. The average Bonchev–Trinajstić information content (AvgIpc) is 3.06. The van der Waals surface area contributed by atoms with Gasteiger partial charge < -0.3 is 20.9 Å². The van der Waals surface area contributed by atoms with Crippen LogP contribution in [-0.2, 0) is 22.7 Å². The fourth-order valence-corrected chi connectivity index (χ4v) is 3.19. The number of amides is 4. The van der Waals surface area contributed by atoms with Crippen molar-refractivity contribution in [3.8, 4) is 0 Å². The second-order valence-corrected chi connectivity index (χ2v) is 7.18. The molecule has 152 valence electrons. The molecule has 1 aliphatic heterocycles. The van der Waals surface area contributed by atoms with Gasteiger partial charge in [-0.1, -0.05) is 60.2 Å². The molecule has 1 unspecified atom stereocenters. The molecule has 0 aromatic heterocycles. The van der Waals surface area contributed by atoms with E-state index in [1.807, 2.05) is 61.5 Å². The van der Waals surface area contributed by atoms with Gasteiger partial charge in [-0.3, -0.25) is 9.59 Å². The third-order valence-corrected chi connectivity index (χ3v) is 4.83. The minimum absolute atomic E-state index is 0.0916. The van der Waals surface area contributed by atoms with Gasteiger partial charge in [-0.25, -0.2) is 4.79 Å². The van der Waals surface area contributed by atoms with Crippen LogP contribution in [0.3, 0.4) is 0 Å². The lowest BCUT2D eigenvalue weighted by Gasteiger charge is -2.17. The Kier molecular flexibility index (Phi) is 6.84. The zero-order valence-corrected chi connectivity index (χ0v) is 16.5. The summed E-state index contributed by atoms with van der Waals surface area (Å²) < 4.78 is 0. The molecule has 2 aromatic carbocycles. The van der Waals surface area contributed by atoms with E-state index in [0.717, 1.165) is 16.7 Å². The number of rotatable bonds is 7. The summed E-state index contributed by atoms with van der Waals surface area (Å²) in [5.41, 5.74) is 3.18. The molecular formula is C22H26N4O3. The number of urea groups is 1. The minimum atomic E-state index is -0.538. The summed E-state index contributed by atoms with van der Waals surface area (Å²) in [5, 5.41) is 7.93. The summed E-state index contributed by atoms with van der Waals surface area (Å²) in [7, 11) is 0. The van der Waals surface area contributed by atoms with E-state index in [2.05, 4.69) is 16.0 Å². The van der Waals surface area contributed by atoms with Crippen LogP contribution in [0.2, 0.25) is 0 Å². The monoisotopic (exact) mass is 394 g/mol. The maximum atomic E-state index is 12.5. The van der Waals surface area contributed by atoms with E-state index in [0.29, 0.717) is 26.1 Å². The molecule has 29 heavy (non-hydrogen) atoms. The Morgan fingerprint density at radius 3 is 2.45 bits per heavy atom. The highest BCUT2D eigenvalue weighted by Crippen LogP contribution is 2.15. The number of aryl methyl sites for hydroxylation is 1. The Bertz CT molecular complexity index is 852. The summed E-state index contributed by atoms with van der Waals surface area (Å²) in [6.07, 6.45) is 0.566. The highest BCUT2D eigenvalue weighted by Gasteiger charge is 2.32. The zero-order valence-electron chi connectivity index (χ0n) is 16.5. The highest BCUT2D eigenvalue weighted by atomic mass is 16.2. The van der Waals surface area contributed by atoms with Crippen LogP contribution in [-0.4, -0.2) is 41.9 Å². The van der Waals surface area contributed by atoms with Crippen LogP contribution >= 0.6 is 0 Å². The predicted molar refractivity (Wildman–Crippen MR) is 110 cm³/mol. The molecule has 3 rings (SSSR count). The molecule has 0 radical (unpaired) electrons. The lowest BCUT2D eigenvalue weighted by Crippen LogP contribution is -2.47. The van der Waals surface area contributed by atoms with Crippen LogP contribution in [0.15, 0.2) is 54.6 Å². The van der Waals surface area contributed by atoms with Crippen molar-refractivity contribution < 1.29 is 14.4 Å². The van der Waals surface area contributed by atoms with Crippen molar-refractivity contribution in [3.05, 3.63) is 71.3 Å². The van der Waals surface area contributed by atoms with Crippen molar-refractivity contribution in [1.82, 2.24) is 20.9 Å². The standard InChI is InChI=1S/C22H26N4O3/c1-16-7-9-17(10-8-16)13-23-22(29)24-14-20(27)25-19-11-12-26(21(19)28)15-18-5-3-2-4-6-18/h2-10,19H,11-15H2,1H3,(H,25,27)(H2,23,24,29). The Balaban J connectivity index is 1.37. The predicted octanol–water partition coefficient (Wildman–Crippen LogP) is 1.71. The molecule has 1 atom stereocenters. The van der Waals surface area contributed by atoms with E-state index >= 15 is 0 Å². The van der Waals surface area contributed by atoms with Crippen LogP contribution in [0, 0.1) is 6.92 Å². The van der Waals surface area contributed by atoms with Gasteiger partial charge in [-0.15, -0.1) is 0 Å². The maximum Gasteiger partial charge on any atom is 0.315 e. The molecule has 0 spiro atoms. The number of carbonyl (C=O) groups is 3. The van der Waals surface area contributed by atoms with E-state index in [-0.39, 0.29) is 18.4 Å². The number of nitrogens with one attached hydrogen (secondary N) is 3. The van der Waals surface area contributed by atoms with Gasteiger partial charge in [0.15, 0.2) is 0 Å². The number of likely N-dealkylation sites (tertiary alicyclic amines) is 1. The summed E-state index contributed by atoms with van der Waals surface area (Å²) in [4.78, 5) is 38.2. The van der Waals surface area contributed by atoms with Crippen molar-refractivity contribution in [2.24, 2.45) is 0 Å². The fraction of sp³-hybridized carbons (Fsp3) is 0.318. The lowest BCUT2D eigenvalue weighted by atomic mass is 10.1. The average molecular weight is 394 g/mol. The van der Waals surface area contributed by atoms with Crippen molar-refractivity contribution in [2.45, 2.75) is 32.5 Å². The first-order valence-corrected chi connectivity index (χ1v) is 9.70. The Morgan fingerprint density at radius 2 is 1.72 bits per heavy atom. The van der Waals surface area contributed by atoms with Crippen LogP contribution in [0.1, 0.15) is 23.1 Å². The van der Waals surface area contributed by atoms with Crippen LogP contribution < -0.4 is 16.0 Å². The lowest BCUT2D eigenvalue weighted by molar-refractivity contribution is -0.132. The number of benzene rings is 2. The smallest absolute Gasteiger partial charge is 0.315 e. The van der Waals surface area contributed by atoms with Gasteiger partial charge in [-0.2, -0.15) is 0 Å². The number of hydrogen-bond acceptors (Lipinski definition) is 3. The second kappa shape index (κ2) is 9.73. The molecule has 1 heterocycles. The van der Waals surface area contributed by atoms with Crippen LogP contribution in [0.4, 0.5) is 4.79 Å². The molecule has 0 saturated carbocycles. The molecular weight excluding hydrogens is 368 g/mol. The van der Waals surface area contributed by atoms with E-state index in [4.69, 9.17) is 0 Å². The Labute approximate surface area is 170 Å². The normalized spacial score (nSPS) is 15.8. The summed E-state index contributed by atoms with van der Waals surface area (Å²) in [5.74, 6) is -0.471. The molecule has 2 aromatic rings.